The maximum Gasteiger partial charge on any atom is 0.308 e. The topological polar surface area (TPSA) is 38.3 Å². The van der Waals surface area contributed by atoms with E-state index in [1.807, 2.05) is 39.1 Å². The van der Waals surface area contributed by atoms with Gasteiger partial charge in [0.1, 0.15) is 6.61 Å². The molecule has 3 nitrogen and oxygen atoms in total. The molecule has 0 aliphatic carbocycles. The molecule has 5 heteroatoms. The second-order valence-corrected chi connectivity index (χ2v) is 6.84. The number of carbonyl (C=O) groups is 1. The molecule has 0 atom stereocenters. The number of nitrogens with one attached hydrogen (secondary N) is 1. The van der Waals surface area contributed by atoms with E-state index in [-0.39, 0.29) is 11.9 Å². The van der Waals surface area contributed by atoms with Crippen LogP contribution >= 0.6 is 21.6 Å². The van der Waals surface area contributed by atoms with Crippen LogP contribution in [0.25, 0.3) is 0 Å². The standard InChI is InChI=1S/C14H21NO2S2/c1-11(2)14(16)17-10-12-6-4-5-7-13(12)19-18-9-8-15-3/h4-7,11,15H,8-10H2,1-3H3. The van der Waals surface area contributed by atoms with Gasteiger partial charge in [0.15, 0.2) is 0 Å². The third-order valence-corrected chi connectivity index (χ3v) is 4.86. The second-order valence-electron chi connectivity index (χ2n) is 4.38. The maximum absolute atomic E-state index is 11.5. The highest BCUT2D eigenvalue weighted by atomic mass is 33.1. The number of benzene rings is 1. The Morgan fingerprint density at radius 3 is 2.79 bits per heavy atom. The highest BCUT2D eigenvalue weighted by Gasteiger charge is 2.10. The summed E-state index contributed by atoms with van der Waals surface area (Å²) in [6.07, 6.45) is 0. The fourth-order valence-corrected chi connectivity index (χ4v) is 3.50. The van der Waals surface area contributed by atoms with E-state index >= 15 is 0 Å². The van der Waals surface area contributed by atoms with Gasteiger partial charge in [-0.3, -0.25) is 4.79 Å². The molecule has 0 fully saturated rings. The molecule has 0 unspecified atom stereocenters. The highest BCUT2D eigenvalue weighted by Crippen LogP contribution is 2.33. The summed E-state index contributed by atoms with van der Waals surface area (Å²) in [6.45, 7) is 5.03. The van der Waals surface area contributed by atoms with Crippen LogP contribution in [0.3, 0.4) is 0 Å². The van der Waals surface area contributed by atoms with Gasteiger partial charge in [-0.2, -0.15) is 0 Å². The van der Waals surface area contributed by atoms with Crippen molar-refractivity contribution in [1.82, 2.24) is 5.32 Å². The number of hydrogen-bond acceptors (Lipinski definition) is 5. The maximum atomic E-state index is 11.5. The molecule has 19 heavy (non-hydrogen) atoms. The van der Waals surface area contributed by atoms with Crippen LogP contribution in [-0.4, -0.2) is 25.3 Å². The molecule has 0 bridgehead atoms. The Bertz CT molecular complexity index is 397. The molecule has 1 rings (SSSR count). The zero-order chi connectivity index (χ0) is 14.1. The minimum atomic E-state index is -0.150. The molecule has 0 heterocycles. The van der Waals surface area contributed by atoms with E-state index < -0.39 is 0 Å². The van der Waals surface area contributed by atoms with Crippen LogP contribution in [0.1, 0.15) is 19.4 Å². The van der Waals surface area contributed by atoms with Gasteiger partial charge in [0.05, 0.1) is 5.92 Å². The summed E-state index contributed by atoms with van der Waals surface area (Å²) in [4.78, 5) is 12.7. The molecule has 0 saturated carbocycles. The molecule has 0 aliphatic heterocycles. The van der Waals surface area contributed by atoms with Crippen molar-refractivity contribution in [2.45, 2.75) is 25.3 Å². The average Bonchev–Trinajstić information content (AvgIpc) is 2.42. The Hall–Kier alpha value is -0.650. The SMILES string of the molecule is CNCCSSc1ccccc1COC(=O)C(C)C. The fourth-order valence-electron chi connectivity index (χ4n) is 1.27. The second kappa shape index (κ2) is 9.28. The Morgan fingerprint density at radius 1 is 1.37 bits per heavy atom. The molecule has 0 aliphatic rings. The monoisotopic (exact) mass is 299 g/mol. The molecule has 0 radical (unpaired) electrons. The van der Waals surface area contributed by atoms with E-state index in [0.29, 0.717) is 6.61 Å². The number of rotatable bonds is 8. The van der Waals surface area contributed by atoms with Crippen molar-refractivity contribution in [3.8, 4) is 0 Å². The number of esters is 1. The minimum absolute atomic E-state index is 0.0789. The highest BCUT2D eigenvalue weighted by molar-refractivity contribution is 8.76. The molecular formula is C14H21NO2S2. The van der Waals surface area contributed by atoms with Gasteiger partial charge in [0.25, 0.3) is 0 Å². The van der Waals surface area contributed by atoms with Crippen molar-refractivity contribution in [3.63, 3.8) is 0 Å². The summed E-state index contributed by atoms with van der Waals surface area (Å²) < 4.78 is 5.28. The molecule has 1 aromatic rings. The predicted molar refractivity (Wildman–Crippen MR) is 83.3 cm³/mol. The first-order valence-electron chi connectivity index (χ1n) is 6.33. The zero-order valence-electron chi connectivity index (χ0n) is 11.6. The lowest BCUT2D eigenvalue weighted by atomic mass is 10.2. The molecule has 0 spiro atoms. The summed E-state index contributed by atoms with van der Waals surface area (Å²) in [7, 11) is 5.48. The molecule has 0 aromatic heterocycles. The van der Waals surface area contributed by atoms with Gasteiger partial charge < -0.3 is 10.1 Å². The van der Waals surface area contributed by atoms with Gasteiger partial charge in [0, 0.05) is 22.8 Å². The van der Waals surface area contributed by atoms with E-state index in [2.05, 4.69) is 11.4 Å². The van der Waals surface area contributed by atoms with Crippen LogP contribution in [0.2, 0.25) is 0 Å². The third-order valence-electron chi connectivity index (χ3n) is 2.40. The predicted octanol–water partition coefficient (Wildman–Crippen LogP) is 3.35. The quantitative estimate of drug-likeness (QED) is 0.453. The lowest BCUT2D eigenvalue weighted by molar-refractivity contribution is -0.148. The summed E-state index contributed by atoms with van der Waals surface area (Å²) in [5, 5.41) is 3.12. The van der Waals surface area contributed by atoms with Crippen LogP contribution in [0, 0.1) is 5.92 Å². The van der Waals surface area contributed by atoms with E-state index in [9.17, 15) is 4.79 Å². The van der Waals surface area contributed by atoms with E-state index in [1.54, 1.807) is 21.6 Å². The number of ether oxygens (including phenoxy) is 1. The van der Waals surface area contributed by atoms with Crippen LogP contribution in [0.15, 0.2) is 29.2 Å². The van der Waals surface area contributed by atoms with Crippen molar-refractivity contribution >= 4 is 27.6 Å². The molecule has 1 N–H and O–H groups in total. The van der Waals surface area contributed by atoms with Crippen LogP contribution in [0.5, 0.6) is 0 Å². The first kappa shape index (κ1) is 16.4. The van der Waals surface area contributed by atoms with Gasteiger partial charge >= 0.3 is 5.97 Å². The zero-order valence-corrected chi connectivity index (χ0v) is 13.3. The van der Waals surface area contributed by atoms with Gasteiger partial charge in [-0.15, -0.1) is 0 Å². The third kappa shape index (κ3) is 6.36. The fraction of sp³-hybridized carbons (Fsp3) is 0.500. The molecular weight excluding hydrogens is 278 g/mol. The van der Waals surface area contributed by atoms with E-state index in [0.717, 1.165) is 17.9 Å². The van der Waals surface area contributed by atoms with Crippen molar-refractivity contribution < 1.29 is 9.53 Å². The van der Waals surface area contributed by atoms with Crippen molar-refractivity contribution in [2.75, 3.05) is 19.3 Å². The summed E-state index contributed by atoms with van der Waals surface area (Å²) >= 11 is 0. The number of hydrogen-bond donors (Lipinski definition) is 1. The average molecular weight is 299 g/mol. The van der Waals surface area contributed by atoms with Crippen molar-refractivity contribution in [2.24, 2.45) is 5.92 Å². The first-order valence-corrected chi connectivity index (χ1v) is 8.65. The first-order chi connectivity index (χ1) is 9.15. The Morgan fingerprint density at radius 2 is 2.11 bits per heavy atom. The van der Waals surface area contributed by atoms with Crippen LogP contribution in [0.4, 0.5) is 0 Å². The molecule has 0 amide bonds. The smallest absolute Gasteiger partial charge is 0.308 e. The van der Waals surface area contributed by atoms with E-state index in [4.69, 9.17) is 4.74 Å². The Kier molecular flexibility index (Phi) is 8.02. The van der Waals surface area contributed by atoms with Crippen molar-refractivity contribution in [1.29, 1.82) is 0 Å². The minimum Gasteiger partial charge on any atom is -0.461 e. The Labute approximate surface area is 123 Å². The summed E-state index contributed by atoms with van der Waals surface area (Å²) in [5.74, 6) is 0.814. The Balaban J connectivity index is 2.50. The van der Waals surface area contributed by atoms with Gasteiger partial charge in [-0.25, -0.2) is 0 Å². The lowest BCUT2D eigenvalue weighted by Crippen LogP contribution is -2.11. The van der Waals surface area contributed by atoms with Gasteiger partial charge in [0.2, 0.25) is 0 Å². The molecule has 106 valence electrons. The summed E-state index contributed by atoms with van der Waals surface area (Å²) in [6, 6.07) is 8.06. The van der Waals surface area contributed by atoms with Gasteiger partial charge in [-0.05, 0) is 13.1 Å². The van der Waals surface area contributed by atoms with Crippen LogP contribution in [-0.2, 0) is 16.1 Å². The van der Waals surface area contributed by atoms with Crippen molar-refractivity contribution in [3.05, 3.63) is 29.8 Å². The molecule has 0 saturated heterocycles. The largest absolute Gasteiger partial charge is 0.461 e. The summed E-state index contributed by atoms with van der Waals surface area (Å²) in [5.41, 5.74) is 1.07. The van der Waals surface area contributed by atoms with E-state index in [1.165, 1.54) is 4.90 Å². The van der Waals surface area contributed by atoms with Crippen LogP contribution < -0.4 is 5.32 Å². The lowest BCUT2D eigenvalue weighted by Gasteiger charge is -2.10. The van der Waals surface area contributed by atoms with Gasteiger partial charge in [-0.1, -0.05) is 53.6 Å². The number of carbonyl (C=O) groups excluding carboxylic acids is 1. The molecule has 1 aromatic carbocycles. The normalized spacial score (nSPS) is 10.7.